The summed E-state index contributed by atoms with van der Waals surface area (Å²) in [5.41, 5.74) is 0.649. The van der Waals surface area contributed by atoms with Crippen molar-refractivity contribution in [3.05, 3.63) is 42.6 Å². The van der Waals surface area contributed by atoms with Gasteiger partial charge in [0.25, 0.3) is 0 Å². The van der Waals surface area contributed by atoms with E-state index in [1.807, 2.05) is 6.92 Å². The van der Waals surface area contributed by atoms with Gasteiger partial charge in [0.15, 0.2) is 5.75 Å². The lowest BCUT2D eigenvalue weighted by Crippen LogP contribution is -1.99. The molecule has 0 aliphatic rings. The number of hydrogen-bond donors (Lipinski definition) is 3. The average Bonchev–Trinajstić information content (AvgIpc) is 2.79. The molecule has 3 N–H and O–H groups in total. The molecule has 2 rings (SSSR count). The van der Waals surface area contributed by atoms with Gasteiger partial charge >= 0.3 is 5.95 Å². The molecular formula is C14H14O6. The zero-order valence-corrected chi connectivity index (χ0v) is 10.8. The Kier molecular flexibility index (Phi) is 3.86. The first-order chi connectivity index (χ1) is 9.58. The lowest BCUT2D eigenvalue weighted by atomic mass is 10.1. The van der Waals surface area contributed by atoms with Gasteiger partial charge in [0.1, 0.15) is 28.7 Å². The predicted octanol–water partition coefficient (Wildman–Crippen LogP) is 3.30. The Bertz CT molecular complexity index is 668. The van der Waals surface area contributed by atoms with Gasteiger partial charge in [0, 0.05) is 11.6 Å². The van der Waals surface area contributed by atoms with Crippen LogP contribution in [0.5, 0.6) is 17.2 Å². The first-order valence-electron chi connectivity index (χ1n) is 5.82. The van der Waals surface area contributed by atoms with Gasteiger partial charge in [0.2, 0.25) is 0 Å². The van der Waals surface area contributed by atoms with Crippen LogP contribution >= 0.6 is 0 Å². The summed E-state index contributed by atoms with van der Waals surface area (Å²) in [6.45, 7) is 5.17. The first kappa shape index (κ1) is 13.8. The van der Waals surface area contributed by atoms with Crippen LogP contribution in [-0.2, 0) is 11.3 Å². The summed E-state index contributed by atoms with van der Waals surface area (Å²) in [5, 5.41) is 28.6. The third-order valence-corrected chi connectivity index (χ3v) is 2.77. The normalized spacial score (nSPS) is 11.1. The Hall–Kier alpha value is -2.60. The number of phenolic OH excluding ortho intramolecular Hbond substituents is 1. The molecule has 0 bridgehead atoms. The number of furan rings is 1. The van der Waals surface area contributed by atoms with Crippen LogP contribution in [0.15, 0.2) is 41.4 Å². The molecule has 0 unspecified atom stereocenters. The van der Waals surface area contributed by atoms with Crippen LogP contribution in [0, 0.1) is 0 Å². The number of hydrogen-bond acceptors (Lipinski definition) is 6. The highest BCUT2D eigenvalue weighted by Gasteiger charge is 2.19. The molecule has 6 heteroatoms. The van der Waals surface area contributed by atoms with Crippen molar-refractivity contribution in [3.8, 4) is 17.2 Å². The van der Waals surface area contributed by atoms with Crippen molar-refractivity contribution in [1.82, 2.24) is 0 Å². The molecule has 0 radical (unpaired) electrons. The molecule has 0 aliphatic heterocycles. The van der Waals surface area contributed by atoms with Gasteiger partial charge in [-0.15, -0.1) is 0 Å². The maximum atomic E-state index is 10.2. The van der Waals surface area contributed by atoms with Crippen molar-refractivity contribution >= 4 is 11.0 Å². The van der Waals surface area contributed by atoms with Gasteiger partial charge in [-0.3, -0.25) is 0 Å². The summed E-state index contributed by atoms with van der Waals surface area (Å²) in [7, 11) is 0. The highest BCUT2D eigenvalue weighted by Crippen LogP contribution is 2.42. The Morgan fingerprint density at radius 3 is 2.85 bits per heavy atom. The largest absolute Gasteiger partial charge is 0.507 e. The molecular weight excluding hydrogens is 264 g/mol. The molecule has 0 amide bonds. The van der Waals surface area contributed by atoms with E-state index < -0.39 is 0 Å². The third kappa shape index (κ3) is 2.41. The second-order valence-corrected chi connectivity index (χ2v) is 4.03. The van der Waals surface area contributed by atoms with Crippen molar-refractivity contribution in [2.75, 3.05) is 0 Å². The van der Waals surface area contributed by atoms with Crippen LogP contribution in [0.2, 0.25) is 0 Å². The van der Waals surface area contributed by atoms with Gasteiger partial charge in [-0.05, 0) is 19.9 Å². The van der Waals surface area contributed by atoms with Gasteiger partial charge in [-0.2, -0.15) is 5.26 Å². The van der Waals surface area contributed by atoms with Gasteiger partial charge < -0.3 is 24.3 Å². The van der Waals surface area contributed by atoms with Crippen molar-refractivity contribution < 1.29 is 29.5 Å². The van der Waals surface area contributed by atoms with E-state index in [0.717, 1.165) is 6.26 Å². The average molecular weight is 278 g/mol. The quantitative estimate of drug-likeness (QED) is 0.336. The number of phenols is 1. The molecule has 2 aromatic rings. The summed E-state index contributed by atoms with van der Waals surface area (Å²) < 4.78 is 10.3. The van der Waals surface area contributed by atoms with E-state index in [0.29, 0.717) is 12.0 Å². The maximum absolute atomic E-state index is 10.2. The minimum absolute atomic E-state index is 0.160. The summed E-state index contributed by atoms with van der Waals surface area (Å²) in [6.07, 6.45) is 5.08. The predicted molar refractivity (Wildman–Crippen MR) is 71.5 cm³/mol. The van der Waals surface area contributed by atoms with Gasteiger partial charge in [-0.1, -0.05) is 12.2 Å². The van der Waals surface area contributed by atoms with Crippen molar-refractivity contribution in [2.24, 2.45) is 0 Å². The van der Waals surface area contributed by atoms with E-state index in [4.69, 9.17) is 14.4 Å². The van der Waals surface area contributed by atoms with Crippen LogP contribution in [0.25, 0.3) is 11.0 Å². The van der Waals surface area contributed by atoms with E-state index in [2.05, 4.69) is 11.5 Å². The number of ether oxygens (including phenoxy) is 1. The monoisotopic (exact) mass is 278 g/mol. The summed E-state index contributed by atoms with van der Waals surface area (Å²) in [6, 6.07) is 1.47. The van der Waals surface area contributed by atoms with Crippen LogP contribution in [0.4, 0.5) is 0 Å². The fourth-order valence-corrected chi connectivity index (χ4v) is 1.85. The second-order valence-electron chi connectivity index (χ2n) is 4.03. The van der Waals surface area contributed by atoms with Crippen molar-refractivity contribution in [2.45, 2.75) is 13.3 Å². The molecule has 1 aromatic heterocycles. The summed E-state index contributed by atoms with van der Waals surface area (Å²) >= 11 is 0. The molecule has 0 atom stereocenters. The SMILES string of the molecule is C=C(OO)Oc1cc2occ(O)c2c(O)c1CC=CC. The number of benzene rings is 1. The van der Waals surface area contributed by atoms with E-state index in [-0.39, 0.29) is 34.2 Å². The standard InChI is InChI=1S/C14H14O6/c1-3-4-5-9-11(19-8(2)20-17)6-12-13(14(9)16)10(15)7-18-12/h3-4,6-7,15-17H,2,5H2,1H3. The minimum atomic E-state index is -0.346. The zero-order chi connectivity index (χ0) is 14.7. The second kappa shape index (κ2) is 5.58. The van der Waals surface area contributed by atoms with Crippen LogP contribution < -0.4 is 4.74 Å². The highest BCUT2D eigenvalue weighted by atomic mass is 17.1. The topological polar surface area (TPSA) is 92.3 Å². The Morgan fingerprint density at radius 1 is 1.45 bits per heavy atom. The van der Waals surface area contributed by atoms with Crippen LogP contribution in [0.1, 0.15) is 12.5 Å². The van der Waals surface area contributed by atoms with Crippen LogP contribution in [0.3, 0.4) is 0 Å². The number of rotatable bonds is 5. The Morgan fingerprint density at radius 2 is 2.20 bits per heavy atom. The Balaban J connectivity index is 2.60. The molecule has 0 saturated carbocycles. The molecule has 0 saturated heterocycles. The molecule has 106 valence electrons. The molecule has 1 heterocycles. The maximum Gasteiger partial charge on any atom is 0.314 e. The number of allylic oxidation sites excluding steroid dienone is 2. The Labute approximate surface area is 114 Å². The van der Waals surface area contributed by atoms with Gasteiger partial charge in [-0.25, -0.2) is 0 Å². The number of aromatic hydroxyl groups is 2. The fraction of sp³-hybridized carbons (Fsp3) is 0.143. The van der Waals surface area contributed by atoms with Crippen molar-refractivity contribution in [3.63, 3.8) is 0 Å². The fourth-order valence-electron chi connectivity index (χ4n) is 1.85. The summed E-state index contributed by atoms with van der Waals surface area (Å²) in [5.74, 6) is -0.460. The van der Waals surface area contributed by atoms with E-state index >= 15 is 0 Å². The van der Waals surface area contributed by atoms with Crippen molar-refractivity contribution in [1.29, 1.82) is 0 Å². The molecule has 6 nitrogen and oxygen atoms in total. The molecule has 1 aromatic carbocycles. The molecule has 20 heavy (non-hydrogen) atoms. The minimum Gasteiger partial charge on any atom is -0.507 e. The molecule has 0 fully saturated rings. The van der Waals surface area contributed by atoms with Gasteiger partial charge in [0.05, 0.1) is 0 Å². The lowest BCUT2D eigenvalue weighted by molar-refractivity contribution is -0.230. The highest BCUT2D eigenvalue weighted by molar-refractivity contribution is 5.92. The van der Waals surface area contributed by atoms with E-state index in [1.165, 1.54) is 6.07 Å². The third-order valence-electron chi connectivity index (χ3n) is 2.77. The smallest absolute Gasteiger partial charge is 0.314 e. The molecule has 0 spiro atoms. The molecule has 0 aliphatic carbocycles. The summed E-state index contributed by atoms with van der Waals surface area (Å²) in [4.78, 5) is 3.87. The first-order valence-corrected chi connectivity index (χ1v) is 5.82. The zero-order valence-electron chi connectivity index (χ0n) is 10.8. The van der Waals surface area contributed by atoms with E-state index in [9.17, 15) is 10.2 Å². The lowest BCUT2D eigenvalue weighted by Gasteiger charge is -2.12. The van der Waals surface area contributed by atoms with Crippen LogP contribution in [-0.4, -0.2) is 15.5 Å². The number of fused-ring (bicyclic) bond motifs is 1. The van der Waals surface area contributed by atoms with E-state index in [1.54, 1.807) is 12.2 Å².